The maximum absolute atomic E-state index is 4.94. The van der Waals surface area contributed by atoms with E-state index in [0.717, 1.165) is 21.8 Å². The zero-order valence-corrected chi connectivity index (χ0v) is 12.6. The molecule has 1 nitrogen and oxygen atoms in total. The van der Waals surface area contributed by atoms with E-state index in [2.05, 4.69) is 40.2 Å². The van der Waals surface area contributed by atoms with Crippen molar-refractivity contribution in [1.29, 1.82) is 0 Å². The number of rotatable bonds is 1. The highest BCUT2D eigenvalue weighted by molar-refractivity contribution is 9.10. The van der Waals surface area contributed by atoms with Crippen LogP contribution in [0.3, 0.4) is 0 Å². The molecule has 0 unspecified atom stereocenters. The summed E-state index contributed by atoms with van der Waals surface area (Å²) in [6.07, 6.45) is 8.18. The fourth-order valence-corrected chi connectivity index (χ4v) is 3.97. The SMILES string of the molecule is Brc1ccc2cc3c(nc2c1)C[C@H](C1CCC1)CC3. The summed E-state index contributed by atoms with van der Waals surface area (Å²) >= 11 is 3.54. The molecule has 0 radical (unpaired) electrons. The van der Waals surface area contributed by atoms with Gasteiger partial charge in [-0.1, -0.05) is 41.3 Å². The molecule has 0 N–H and O–H groups in total. The molecule has 0 bridgehead atoms. The van der Waals surface area contributed by atoms with Crippen LogP contribution in [0.25, 0.3) is 10.9 Å². The van der Waals surface area contributed by atoms with Crippen LogP contribution in [0.5, 0.6) is 0 Å². The minimum absolute atomic E-state index is 0.901. The van der Waals surface area contributed by atoms with Gasteiger partial charge in [-0.05, 0) is 54.9 Å². The van der Waals surface area contributed by atoms with Gasteiger partial charge in [0.05, 0.1) is 5.52 Å². The quantitative estimate of drug-likeness (QED) is 0.729. The second-order valence-electron chi connectivity index (χ2n) is 6.13. The Hall–Kier alpha value is -0.890. The lowest BCUT2D eigenvalue weighted by Crippen LogP contribution is -2.27. The summed E-state index contributed by atoms with van der Waals surface area (Å²) < 4.78 is 1.12. The second kappa shape index (κ2) is 4.59. The molecule has 2 aromatic rings. The van der Waals surface area contributed by atoms with Crippen molar-refractivity contribution in [2.24, 2.45) is 11.8 Å². The van der Waals surface area contributed by atoms with Crippen LogP contribution in [-0.2, 0) is 12.8 Å². The molecule has 1 fully saturated rings. The van der Waals surface area contributed by atoms with E-state index in [9.17, 15) is 0 Å². The molecule has 1 saturated carbocycles. The number of hydrogen-bond donors (Lipinski definition) is 0. The number of nitrogens with zero attached hydrogens (tertiary/aromatic N) is 1. The molecule has 1 aromatic carbocycles. The molecular weight excluding hydrogens is 298 g/mol. The van der Waals surface area contributed by atoms with Crippen molar-refractivity contribution in [2.75, 3.05) is 0 Å². The summed E-state index contributed by atoms with van der Waals surface area (Å²) in [5.41, 5.74) is 4.00. The summed E-state index contributed by atoms with van der Waals surface area (Å²) in [7, 11) is 0. The van der Waals surface area contributed by atoms with E-state index in [0.29, 0.717) is 0 Å². The third-order valence-corrected chi connectivity index (χ3v) is 5.50. The lowest BCUT2D eigenvalue weighted by Gasteiger charge is -2.36. The van der Waals surface area contributed by atoms with Crippen LogP contribution >= 0.6 is 15.9 Å². The topological polar surface area (TPSA) is 12.9 Å². The molecule has 1 heterocycles. The van der Waals surface area contributed by atoms with E-state index < -0.39 is 0 Å². The first-order valence-corrected chi connectivity index (χ1v) is 8.17. The number of halogens is 1. The standard InChI is InChI=1S/C17H18BrN/c18-15-7-6-14-8-13-5-4-12(11-2-1-3-11)9-16(13)19-17(14)10-15/h6-8,10-12H,1-5,9H2/t12-/m1/s1. The number of hydrogen-bond acceptors (Lipinski definition) is 1. The van der Waals surface area contributed by atoms with Gasteiger partial charge in [-0.15, -0.1) is 0 Å². The van der Waals surface area contributed by atoms with Gasteiger partial charge in [0, 0.05) is 15.6 Å². The van der Waals surface area contributed by atoms with E-state index >= 15 is 0 Å². The highest BCUT2D eigenvalue weighted by atomic mass is 79.9. The van der Waals surface area contributed by atoms with Crippen molar-refractivity contribution in [3.05, 3.63) is 40.0 Å². The minimum atomic E-state index is 0.901. The third-order valence-electron chi connectivity index (χ3n) is 5.00. The van der Waals surface area contributed by atoms with Crippen molar-refractivity contribution in [1.82, 2.24) is 4.98 Å². The first kappa shape index (κ1) is 11.9. The Kier molecular flexibility index (Phi) is 2.87. The lowest BCUT2D eigenvalue weighted by molar-refractivity contribution is 0.187. The van der Waals surface area contributed by atoms with E-state index in [1.807, 2.05) is 0 Å². The molecule has 2 heteroatoms. The predicted molar refractivity (Wildman–Crippen MR) is 82.3 cm³/mol. The van der Waals surface area contributed by atoms with Crippen LogP contribution in [0.1, 0.15) is 36.9 Å². The van der Waals surface area contributed by atoms with Gasteiger partial charge in [-0.2, -0.15) is 0 Å². The Morgan fingerprint density at radius 1 is 1.05 bits per heavy atom. The predicted octanol–water partition coefficient (Wildman–Crippen LogP) is 4.90. The Bertz CT molecular complexity index is 630. The molecule has 0 amide bonds. The smallest absolute Gasteiger partial charge is 0.0716 e. The van der Waals surface area contributed by atoms with Crippen LogP contribution < -0.4 is 0 Å². The molecule has 2 aliphatic rings. The van der Waals surface area contributed by atoms with Gasteiger partial charge < -0.3 is 0 Å². The lowest BCUT2D eigenvalue weighted by atomic mass is 9.69. The molecule has 2 aliphatic carbocycles. The Morgan fingerprint density at radius 2 is 1.95 bits per heavy atom. The number of pyridine rings is 1. The number of aromatic nitrogens is 1. The van der Waals surface area contributed by atoms with Crippen molar-refractivity contribution in [3.63, 3.8) is 0 Å². The Labute approximate surface area is 122 Å². The Morgan fingerprint density at radius 3 is 2.74 bits per heavy atom. The highest BCUT2D eigenvalue weighted by Gasteiger charge is 2.30. The molecule has 4 rings (SSSR count). The summed E-state index contributed by atoms with van der Waals surface area (Å²) in [5.74, 6) is 1.89. The maximum atomic E-state index is 4.94. The average molecular weight is 316 g/mol. The first-order valence-electron chi connectivity index (χ1n) is 7.38. The monoisotopic (exact) mass is 315 g/mol. The van der Waals surface area contributed by atoms with Crippen molar-refractivity contribution in [2.45, 2.75) is 38.5 Å². The fourth-order valence-electron chi connectivity index (χ4n) is 3.62. The van der Waals surface area contributed by atoms with Gasteiger partial charge in [-0.3, -0.25) is 4.98 Å². The first-order chi connectivity index (χ1) is 9.29. The molecule has 0 saturated heterocycles. The number of fused-ring (bicyclic) bond motifs is 2. The van der Waals surface area contributed by atoms with Crippen LogP contribution in [0.2, 0.25) is 0 Å². The maximum Gasteiger partial charge on any atom is 0.0716 e. The van der Waals surface area contributed by atoms with Crippen molar-refractivity contribution in [3.8, 4) is 0 Å². The fraction of sp³-hybridized carbons (Fsp3) is 0.471. The Balaban J connectivity index is 1.72. The summed E-state index contributed by atoms with van der Waals surface area (Å²) in [6, 6.07) is 8.78. The number of benzene rings is 1. The zero-order valence-electron chi connectivity index (χ0n) is 11.0. The van der Waals surface area contributed by atoms with Crippen LogP contribution in [-0.4, -0.2) is 4.98 Å². The molecule has 0 spiro atoms. The molecule has 19 heavy (non-hydrogen) atoms. The second-order valence-corrected chi connectivity index (χ2v) is 7.04. The molecular formula is C17H18BrN. The summed E-state index contributed by atoms with van der Waals surface area (Å²) in [5, 5.41) is 1.28. The van der Waals surface area contributed by atoms with Crippen LogP contribution in [0.4, 0.5) is 0 Å². The minimum Gasteiger partial charge on any atom is -0.253 e. The molecule has 1 aromatic heterocycles. The van der Waals surface area contributed by atoms with Gasteiger partial charge in [0.25, 0.3) is 0 Å². The van der Waals surface area contributed by atoms with Crippen LogP contribution in [0, 0.1) is 11.8 Å². The average Bonchev–Trinajstić information content (AvgIpc) is 2.34. The van der Waals surface area contributed by atoms with Crippen molar-refractivity contribution >= 4 is 26.8 Å². The van der Waals surface area contributed by atoms with E-state index in [-0.39, 0.29) is 0 Å². The normalized spacial score (nSPS) is 23.1. The van der Waals surface area contributed by atoms with E-state index in [1.165, 1.54) is 55.2 Å². The largest absolute Gasteiger partial charge is 0.253 e. The summed E-state index contributed by atoms with van der Waals surface area (Å²) in [4.78, 5) is 4.94. The zero-order chi connectivity index (χ0) is 12.8. The van der Waals surface area contributed by atoms with Gasteiger partial charge >= 0.3 is 0 Å². The van der Waals surface area contributed by atoms with E-state index in [4.69, 9.17) is 4.98 Å². The molecule has 1 atom stereocenters. The summed E-state index contributed by atoms with van der Waals surface area (Å²) in [6.45, 7) is 0. The van der Waals surface area contributed by atoms with E-state index in [1.54, 1.807) is 0 Å². The van der Waals surface area contributed by atoms with Gasteiger partial charge in [0.2, 0.25) is 0 Å². The molecule has 0 aliphatic heterocycles. The van der Waals surface area contributed by atoms with Gasteiger partial charge in [-0.25, -0.2) is 0 Å². The van der Waals surface area contributed by atoms with Gasteiger partial charge in [0.1, 0.15) is 0 Å². The third kappa shape index (κ3) is 2.10. The number of aryl methyl sites for hydroxylation is 1. The highest BCUT2D eigenvalue weighted by Crippen LogP contribution is 2.40. The van der Waals surface area contributed by atoms with Crippen LogP contribution in [0.15, 0.2) is 28.7 Å². The van der Waals surface area contributed by atoms with Crippen molar-refractivity contribution < 1.29 is 0 Å². The molecule has 98 valence electrons. The van der Waals surface area contributed by atoms with Gasteiger partial charge in [0.15, 0.2) is 0 Å².